The molecular formula is C17H15N3O. The van der Waals surface area contributed by atoms with Crippen LogP contribution in [0.2, 0.25) is 0 Å². The molecule has 1 fully saturated rings. The Labute approximate surface area is 123 Å². The molecular weight excluding hydrogens is 262 g/mol. The van der Waals surface area contributed by atoms with Crippen LogP contribution >= 0.6 is 0 Å². The summed E-state index contributed by atoms with van der Waals surface area (Å²) in [7, 11) is 0. The summed E-state index contributed by atoms with van der Waals surface area (Å²) in [6.45, 7) is 0.770. The maximum absolute atomic E-state index is 12.7. The molecule has 0 unspecified atom stereocenters. The van der Waals surface area contributed by atoms with Crippen LogP contribution in [0.1, 0.15) is 40.4 Å². The first-order valence-corrected chi connectivity index (χ1v) is 7.00. The van der Waals surface area contributed by atoms with Crippen molar-refractivity contribution in [2.45, 2.75) is 18.9 Å². The van der Waals surface area contributed by atoms with Crippen LogP contribution in [0.5, 0.6) is 0 Å². The van der Waals surface area contributed by atoms with E-state index in [1.165, 1.54) is 0 Å². The second-order valence-corrected chi connectivity index (χ2v) is 5.13. The molecule has 1 aliphatic rings. The lowest BCUT2D eigenvalue weighted by Gasteiger charge is -2.25. The van der Waals surface area contributed by atoms with Gasteiger partial charge in [-0.25, -0.2) is 0 Å². The number of hydrogen-bond donors (Lipinski definition) is 0. The van der Waals surface area contributed by atoms with E-state index in [2.05, 4.69) is 11.1 Å². The van der Waals surface area contributed by atoms with Gasteiger partial charge in [0.05, 0.1) is 17.7 Å². The lowest BCUT2D eigenvalue weighted by atomic mass is 10.1. The molecule has 2 aromatic rings. The monoisotopic (exact) mass is 277 g/mol. The molecule has 1 aliphatic heterocycles. The summed E-state index contributed by atoms with van der Waals surface area (Å²) in [6, 6.07) is 12.9. The molecule has 4 nitrogen and oxygen atoms in total. The highest BCUT2D eigenvalue weighted by Crippen LogP contribution is 2.32. The van der Waals surface area contributed by atoms with Crippen LogP contribution in [0.4, 0.5) is 0 Å². The molecule has 0 spiro atoms. The molecule has 1 atom stereocenters. The van der Waals surface area contributed by atoms with Gasteiger partial charge in [0.15, 0.2) is 0 Å². The number of benzene rings is 1. The smallest absolute Gasteiger partial charge is 0.254 e. The average molecular weight is 277 g/mol. The van der Waals surface area contributed by atoms with Gasteiger partial charge >= 0.3 is 0 Å². The maximum atomic E-state index is 12.7. The van der Waals surface area contributed by atoms with Crippen molar-refractivity contribution in [1.29, 1.82) is 5.26 Å². The number of nitriles is 1. The zero-order valence-corrected chi connectivity index (χ0v) is 11.6. The predicted octanol–water partition coefficient (Wildman–Crippen LogP) is 2.93. The number of carbonyl (C=O) groups excluding carboxylic acids is 1. The highest BCUT2D eigenvalue weighted by molar-refractivity contribution is 5.94. The van der Waals surface area contributed by atoms with Crippen molar-refractivity contribution in [3.8, 4) is 6.07 Å². The fourth-order valence-electron chi connectivity index (χ4n) is 2.80. The SMILES string of the molecule is N#Cc1ccc(C(=O)N2CCC[C@H]2c2ccncc2)cc1. The molecule has 0 aliphatic carbocycles. The number of aromatic nitrogens is 1. The molecule has 0 radical (unpaired) electrons. The molecule has 1 aromatic heterocycles. The average Bonchev–Trinajstić information content (AvgIpc) is 3.04. The molecule has 2 heterocycles. The lowest BCUT2D eigenvalue weighted by Crippen LogP contribution is -2.30. The standard InChI is InChI=1S/C17H15N3O/c18-12-13-3-5-15(6-4-13)17(21)20-11-1-2-16(20)14-7-9-19-10-8-14/h3-10,16H,1-2,11H2/t16-/m0/s1. The molecule has 1 saturated heterocycles. The van der Waals surface area contributed by atoms with Gasteiger partial charge in [0.25, 0.3) is 5.91 Å². The fraction of sp³-hybridized carbons (Fsp3) is 0.235. The second kappa shape index (κ2) is 5.76. The van der Waals surface area contributed by atoms with Crippen molar-refractivity contribution in [3.05, 3.63) is 65.5 Å². The summed E-state index contributed by atoms with van der Waals surface area (Å²) < 4.78 is 0. The van der Waals surface area contributed by atoms with Crippen molar-refractivity contribution in [3.63, 3.8) is 0 Å². The summed E-state index contributed by atoms with van der Waals surface area (Å²) >= 11 is 0. The van der Waals surface area contributed by atoms with Crippen molar-refractivity contribution >= 4 is 5.91 Å². The first kappa shape index (κ1) is 13.3. The van der Waals surface area contributed by atoms with Crippen molar-refractivity contribution in [1.82, 2.24) is 9.88 Å². The molecule has 104 valence electrons. The van der Waals surface area contributed by atoms with E-state index >= 15 is 0 Å². The summed E-state index contributed by atoms with van der Waals surface area (Å²) in [5.74, 6) is 0.0267. The van der Waals surface area contributed by atoms with E-state index in [0.717, 1.165) is 24.9 Å². The minimum atomic E-state index is 0.0267. The van der Waals surface area contributed by atoms with Gasteiger partial charge in [-0.15, -0.1) is 0 Å². The number of nitrogens with zero attached hydrogens (tertiary/aromatic N) is 3. The summed E-state index contributed by atoms with van der Waals surface area (Å²) in [6.07, 6.45) is 5.51. The number of likely N-dealkylation sites (tertiary alicyclic amines) is 1. The number of amides is 1. The van der Waals surface area contributed by atoms with Crippen LogP contribution in [0, 0.1) is 11.3 Å². The van der Waals surface area contributed by atoms with Gasteiger partial charge in [-0.1, -0.05) is 0 Å². The normalized spacial score (nSPS) is 17.5. The Bertz CT molecular complexity index is 673. The van der Waals surface area contributed by atoms with E-state index < -0.39 is 0 Å². The van der Waals surface area contributed by atoms with E-state index in [-0.39, 0.29) is 11.9 Å². The first-order valence-electron chi connectivity index (χ1n) is 7.00. The molecule has 0 saturated carbocycles. The summed E-state index contributed by atoms with van der Waals surface area (Å²) in [5, 5.41) is 8.82. The third kappa shape index (κ3) is 2.63. The van der Waals surface area contributed by atoms with Crippen molar-refractivity contribution in [2.24, 2.45) is 0 Å². The molecule has 1 amide bonds. The molecule has 0 N–H and O–H groups in total. The van der Waals surface area contributed by atoms with Gasteiger partial charge in [0, 0.05) is 24.5 Å². The van der Waals surface area contributed by atoms with Gasteiger partial charge in [-0.2, -0.15) is 5.26 Å². The Morgan fingerprint density at radius 2 is 1.90 bits per heavy atom. The Balaban J connectivity index is 1.84. The van der Waals surface area contributed by atoms with E-state index in [9.17, 15) is 4.79 Å². The van der Waals surface area contributed by atoms with Crippen LogP contribution in [0.15, 0.2) is 48.8 Å². The molecule has 1 aromatic carbocycles. The van der Waals surface area contributed by atoms with E-state index in [4.69, 9.17) is 5.26 Å². The lowest BCUT2D eigenvalue weighted by molar-refractivity contribution is 0.0735. The third-order valence-corrected chi connectivity index (χ3v) is 3.87. The predicted molar refractivity (Wildman–Crippen MR) is 78.4 cm³/mol. The topological polar surface area (TPSA) is 57.0 Å². The fourth-order valence-corrected chi connectivity index (χ4v) is 2.80. The van der Waals surface area contributed by atoms with Gasteiger partial charge in [0.2, 0.25) is 0 Å². The van der Waals surface area contributed by atoms with Crippen LogP contribution < -0.4 is 0 Å². The quantitative estimate of drug-likeness (QED) is 0.848. The maximum Gasteiger partial charge on any atom is 0.254 e. The third-order valence-electron chi connectivity index (χ3n) is 3.87. The summed E-state index contributed by atoms with van der Waals surface area (Å²) in [5.41, 5.74) is 2.33. The van der Waals surface area contributed by atoms with Crippen LogP contribution in [0.25, 0.3) is 0 Å². The van der Waals surface area contributed by atoms with Crippen molar-refractivity contribution < 1.29 is 4.79 Å². The Kier molecular flexibility index (Phi) is 3.65. The minimum absolute atomic E-state index is 0.0267. The number of carbonyl (C=O) groups is 1. The van der Waals surface area contributed by atoms with E-state index in [1.807, 2.05) is 17.0 Å². The molecule has 0 bridgehead atoms. The Morgan fingerprint density at radius 3 is 2.57 bits per heavy atom. The van der Waals surface area contributed by atoms with E-state index in [1.54, 1.807) is 36.7 Å². The largest absolute Gasteiger partial charge is 0.332 e. The van der Waals surface area contributed by atoms with Gasteiger partial charge in [-0.3, -0.25) is 9.78 Å². The zero-order valence-electron chi connectivity index (χ0n) is 11.6. The zero-order chi connectivity index (χ0) is 14.7. The van der Waals surface area contributed by atoms with Gasteiger partial charge in [0.1, 0.15) is 0 Å². The summed E-state index contributed by atoms with van der Waals surface area (Å²) in [4.78, 5) is 18.6. The minimum Gasteiger partial charge on any atom is -0.332 e. The first-order chi connectivity index (χ1) is 10.3. The molecule has 4 heteroatoms. The second-order valence-electron chi connectivity index (χ2n) is 5.13. The number of hydrogen-bond acceptors (Lipinski definition) is 3. The van der Waals surface area contributed by atoms with Crippen LogP contribution in [-0.4, -0.2) is 22.3 Å². The van der Waals surface area contributed by atoms with Gasteiger partial charge < -0.3 is 4.90 Å². The number of rotatable bonds is 2. The molecule has 3 rings (SSSR count). The van der Waals surface area contributed by atoms with Crippen LogP contribution in [0.3, 0.4) is 0 Å². The Morgan fingerprint density at radius 1 is 1.19 bits per heavy atom. The molecule has 21 heavy (non-hydrogen) atoms. The van der Waals surface area contributed by atoms with Gasteiger partial charge in [-0.05, 0) is 54.8 Å². The highest BCUT2D eigenvalue weighted by Gasteiger charge is 2.30. The highest BCUT2D eigenvalue weighted by atomic mass is 16.2. The van der Waals surface area contributed by atoms with Crippen LogP contribution in [-0.2, 0) is 0 Å². The van der Waals surface area contributed by atoms with E-state index in [0.29, 0.717) is 11.1 Å². The number of pyridine rings is 1. The Hall–Kier alpha value is -2.67. The van der Waals surface area contributed by atoms with Crippen molar-refractivity contribution in [2.75, 3.05) is 6.54 Å².